The second kappa shape index (κ2) is 6.10. The van der Waals surface area contributed by atoms with Gasteiger partial charge in [0.15, 0.2) is 0 Å². The Bertz CT molecular complexity index is 587. The van der Waals surface area contributed by atoms with Crippen LogP contribution in [0.1, 0.15) is 5.76 Å². The maximum atomic E-state index is 5.96. The van der Waals surface area contributed by atoms with E-state index in [2.05, 4.69) is 9.88 Å². The van der Waals surface area contributed by atoms with E-state index in [1.807, 2.05) is 24.3 Å². The SMILES string of the molecule is c1coc(CN2C[C@@H]3[C@H](COc4ccncc4)CO[C@@H]3C2)c1. The van der Waals surface area contributed by atoms with Gasteiger partial charge in [-0.1, -0.05) is 0 Å². The molecule has 3 atom stereocenters. The molecule has 0 N–H and O–H groups in total. The molecule has 22 heavy (non-hydrogen) atoms. The molecule has 2 aromatic heterocycles. The summed E-state index contributed by atoms with van der Waals surface area (Å²) in [5.74, 6) is 2.91. The van der Waals surface area contributed by atoms with E-state index in [-0.39, 0.29) is 0 Å². The van der Waals surface area contributed by atoms with Crippen molar-refractivity contribution in [2.75, 3.05) is 26.3 Å². The molecular weight excluding hydrogens is 280 g/mol. The van der Waals surface area contributed by atoms with Gasteiger partial charge in [-0.2, -0.15) is 0 Å². The fraction of sp³-hybridized carbons (Fsp3) is 0.471. The molecule has 2 aromatic rings. The summed E-state index contributed by atoms with van der Waals surface area (Å²) in [6, 6.07) is 7.75. The Morgan fingerprint density at radius 1 is 1.23 bits per heavy atom. The Hall–Kier alpha value is -1.85. The van der Waals surface area contributed by atoms with E-state index in [0.29, 0.717) is 24.5 Å². The third-order valence-corrected chi connectivity index (χ3v) is 4.59. The number of ether oxygens (including phenoxy) is 2. The summed E-state index contributed by atoms with van der Waals surface area (Å²) < 4.78 is 17.3. The number of fused-ring (bicyclic) bond motifs is 1. The average molecular weight is 300 g/mol. The Kier molecular flexibility index (Phi) is 3.83. The second-order valence-corrected chi connectivity index (χ2v) is 6.06. The molecule has 2 saturated heterocycles. The molecule has 2 fully saturated rings. The molecule has 0 saturated carbocycles. The summed E-state index contributed by atoms with van der Waals surface area (Å²) in [5.41, 5.74) is 0. The lowest BCUT2D eigenvalue weighted by Gasteiger charge is -2.19. The molecule has 4 rings (SSSR count). The summed E-state index contributed by atoms with van der Waals surface area (Å²) in [4.78, 5) is 6.41. The first kappa shape index (κ1) is 13.8. The highest BCUT2D eigenvalue weighted by Crippen LogP contribution is 2.34. The molecule has 5 heteroatoms. The standard InChI is InChI=1S/C17H20N2O3/c1-2-15(20-7-1)8-19-9-16-13(12-22-17(16)10-19)11-21-14-3-5-18-6-4-14/h1-7,13,16-17H,8-12H2/t13-,16-,17-/m1/s1. The third-order valence-electron chi connectivity index (χ3n) is 4.59. The topological polar surface area (TPSA) is 47.7 Å². The molecule has 0 aromatic carbocycles. The number of furan rings is 1. The molecule has 0 bridgehead atoms. The zero-order chi connectivity index (χ0) is 14.8. The lowest BCUT2D eigenvalue weighted by atomic mass is 9.94. The number of aromatic nitrogens is 1. The average Bonchev–Trinajstić information content (AvgIpc) is 3.25. The highest BCUT2D eigenvalue weighted by atomic mass is 16.5. The van der Waals surface area contributed by atoms with Gasteiger partial charge in [0.05, 0.1) is 32.1 Å². The van der Waals surface area contributed by atoms with Gasteiger partial charge < -0.3 is 13.9 Å². The molecule has 116 valence electrons. The minimum atomic E-state index is 0.334. The van der Waals surface area contributed by atoms with Crippen molar-refractivity contribution in [2.24, 2.45) is 11.8 Å². The summed E-state index contributed by atoms with van der Waals surface area (Å²) in [5, 5.41) is 0. The lowest BCUT2D eigenvalue weighted by molar-refractivity contribution is 0.0886. The van der Waals surface area contributed by atoms with Crippen LogP contribution in [-0.2, 0) is 11.3 Å². The van der Waals surface area contributed by atoms with Crippen LogP contribution < -0.4 is 4.74 Å². The predicted octanol–water partition coefficient (Wildman–Crippen LogP) is 2.20. The number of hydrogen-bond acceptors (Lipinski definition) is 5. The van der Waals surface area contributed by atoms with Crippen LogP contribution in [0.25, 0.3) is 0 Å². The van der Waals surface area contributed by atoms with E-state index in [1.165, 1.54) is 0 Å². The number of rotatable bonds is 5. The van der Waals surface area contributed by atoms with Crippen LogP contribution in [0.2, 0.25) is 0 Å². The monoisotopic (exact) mass is 300 g/mol. The molecule has 0 spiro atoms. The number of likely N-dealkylation sites (tertiary alicyclic amines) is 1. The van der Waals surface area contributed by atoms with E-state index in [1.54, 1.807) is 18.7 Å². The third kappa shape index (κ3) is 2.87. The van der Waals surface area contributed by atoms with Crippen LogP contribution in [0.15, 0.2) is 47.3 Å². The summed E-state index contributed by atoms with van der Waals surface area (Å²) >= 11 is 0. The van der Waals surface area contributed by atoms with Gasteiger partial charge in [0.25, 0.3) is 0 Å². The molecule has 5 nitrogen and oxygen atoms in total. The predicted molar refractivity (Wildman–Crippen MR) is 80.4 cm³/mol. The van der Waals surface area contributed by atoms with E-state index in [4.69, 9.17) is 13.9 Å². The highest BCUT2D eigenvalue weighted by molar-refractivity contribution is 5.16. The molecule has 4 heterocycles. The summed E-state index contributed by atoms with van der Waals surface area (Å²) in [6.45, 7) is 4.41. The fourth-order valence-corrected chi connectivity index (χ4v) is 3.44. The quantitative estimate of drug-likeness (QED) is 0.847. The van der Waals surface area contributed by atoms with E-state index in [9.17, 15) is 0 Å². The van der Waals surface area contributed by atoms with Gasteiger partial charge in [0.2, 0.25) is 0 Å². The molecule has 0 amide bonds. The van der Waals surface area contributed by atoms with E-state index in [0.717, 1.165) is 37.8 Å². The van der Waals surface area contributed by atoms with E-state index >= 15 is 0 Å². The van der Waals surface area contributed by atoms with Crippen molar-refractivity contribution in [3.63, 3.8) is 0 Å². The Morgan fingerprint density at radius 3 is 2.95 bits per heavy atom. The molecular formula is C17H20N2O3. The van der Waals surface area contributed by atoms with Crippen LogP contribution in [0.5, 0.6) is 5.75 Å². The second-order valence-electron chi connectivity index (χ2n) is 6.06. The van der Waals surface area contributed by atoms with Gasteiger partial charge in [0, 0.05) is 37.3 Å². The van der Waals surface area contributed by atoms with E-state index < -0.39 is 0 Å². The van der Waals surface area contributed by atoms with Gasteiger partial charge in [-0.3, -0.25) is 9.88 Å². The van der Waals surface area contributed by atoms with Crippen molar-refractivity contribution in [3.05, 3.63) is 48.7 Å². The van der Waals surface area contributed by atoms with Crippen LogP contribution >= 0.6 is 0 Å². The normalized spacial score (nSPS) is 27.9. The maximum Gasteiger partial charge on any atom is 0.122 e. The highest BCUT2D eigenvalue weighted by Gasteiger charge is 2.44. The van der Waals surface area contributed by atoms with Crippen molar-refractivity contribution in [3.8, 4) is 5.75 Å². The van der Waals surface area contributed by atoms with Gasteiger partial charge in [-0.25, -0.2) is 0 Å². The molecule has 2 aliphatic rings. The molecule has 0 unspecified atom stereocenters. The molecule has 0 aliphatic carbocycles. The number of pyridine rings is 1. The fourth-order valence-electron chi connectivity index (χ4n) is 3.44. The van der Waals surface area contributed by atoms with Gasteiger partial charge in [0.1, 0.15) is 11.5 Å². The minimum absolute atomic E-state index is 0.334. The summed E-state index contributed by atoms with van der Waals surface area (Å²) in [7, 11) is 0. The van der Waals surface area contributed by atoms with Gasteiger partial charge in [-0.15, -0.1) is 0 Å². The van der Waals surface area contributed by atoms with Gasteiger partial charge in [-0.05, 0) is 24.3 Å². The first-order valence-electron chi connectivity index (χ1n) is 7.77. The van der Waals surface area contributed by atoms with Crippen molar-refractivity contribution >= 4 is 0 Å². The van der Waals surface area contributed by atoms with Crippen LogP contribution in [0, 0.1) is 11.8 Å². The van der Waals surface area contributed by atoms with Crippen molar-refractivity contribution in [1.82, 2.24) is 9.88 Å². The zero-order valence-electron chi connectivity index (χ0n) is 12.4. The first-order chi connectivity index (χ1) is 10.9. The van der Waals surface area contributed by atoms with Crippen LogP contribution in [0.3, 0.4) is 0 Å². The Balaban J connectivity index is 1.32. The Morgan fingerprint density at radius 2 is 2.14 bits per heavy atom. The van der Waals surface area contributed by atoms with Crippen LogP contribution in [-0.4, -0.2) is 42.3 Å². The largest absolute Gasteiger partial charge is 0.493 e. The smallest absolute Gasteiger partial charge is 0.122 e. The van der Waals surface area contributed by atoms with Crippen molar-refractivity contribution in [1.29, 1.82) is 0 Å². The lowest BCUT2D eigenvalue weighted by Crippen LogP contribution is -2.26. The number of nitrogens with zero attached hydrogens (tertiary/aromatic N) is 2. The summed E-state index contributed by atoms with van der Waals surface area (Å²) in [6.07, 6.45) is 5.57. The van der Waals surface area contributed by atoms with Gasteiger partial charge >= 0.3 is 0 Å². The maximum absolute atomic E-state index is 5.96. The molecule has 0 radical (unpaired) electrons. The molecule has 2 aliphatic heterocycles. The number of hydrogen-bond donors (Lipinski definition) is 0. The Labute approximate surface area is 129 Å². The zero-order valence-corrected chi connectivity index (χ0v) is 12.4. The van der Waals surface area contributed by atoms with Crippen molar-refractivity contribution in [2.45, 2.75) is 12.6 Å². The van der Waals surface area contributed by atoms with Crippen molar-refractivity contribution < 1.29 is 13.9 Å². The van der Waals surface area contributed by atoms with Crippen LogP contribution in [0.4, 0.5) is 0 Å². The first-order valence-corrected chi connectivity index (χ1v) is 7.77. The minimum Gasteiger partial charge on any atom is -0.493 e.